The third-order valence-corrected chi connectivity index (χ3v) is 3.66. The van der Waals surface area contributed by atoms with Crippen LogP contribution in [0.4, 0.5) is 27.8 Å². The van der Waals surface area contributed by atoms with Crippen LogP contribution in [0, 0.1) is 17.0 Å². The molecule has 2 aromatic rings. The van der Waals surface area contributed by atoms with Gasteiger partial charge in [0.1, 0.15) is 17.2 Å². The van der Waals surface area contributed by atoms with E-state index < -0.39 is 16.7 Å². The van der Waals surface area contributed by atoms with Crippen molar-refractivity contribution in [2.24, 2.45) is 5.16 Å². The van der Waals surface area contributed by atoms with Crippen LogP contribution in [0.1, 0.15) is 18.1 Å². The minimum Gasteiger partial charge on any atom is -0.450 e. The first kappa shape index (κ1) is 20.4. The predicted octanol–water partition coefficient (Wildman–Crippen LogP) is 2.74. The van der Waals surface area contributed by atoms with Gasteiger partial charge in [0.25, 0.3) is 0 Å². The van der Waals surface area contributed by atoms with Crippen LogP contribution in [0.15, 0.2) is 35.5 Å². The van der Waals surface area contributed by atoms with Crippen molar-refractivity contribution in [3.63, 3.8) is 0 Å². The number of rotatable bonds is 7. The fourth-order valence-corrected chi connectivity index (χ4v) is 2.34. The number of aryl methyl sites for hydroxylation is 1. The fraction of sp³-hybridized carbons (Fsp3) is 0.235. The van der Waals surface area contributed by atoms with E-state index in [-0.39, 0.29) is 36.2 Å². The number of nitrogens with two attached hydrogens (primary N) is 1. The highest BCUT2D eigenvalue weighted by Gasteiger charge is 2.22. The molecular formula is C17H20N6O5. The number of anilines is 3. The average Bonchev–Trinajstić information content (AvgIpc) is 2.63. The number of carbonyl (C=O) groups is 1. The summed E-state index contributed by atoms with van der Waals surface area (Å²) in [5.41, 5.74) is 7.13. The Balaban J connectivity index is 2.28. The molecule has 0 aliphatic heterocycles. The Morgan fingerprint density at radius 2 is 2.07 bits per heavy atom. The zero-order chi connectivity index (χ0) is 20.7. The van der Waals surface area contributed by atoms with E-state index >= 15 is 0 Å². The van der Waals surface area contributed by atoms with Gasteiger partial charge in [0.2, 0.25) is 5.82 Å². The molecule has 0 unspecified atom stereocenters. The van der Waals surface area contributed by atoms with Crippen LogP contribution in [0.25, 0.3) is 0 Å². The lowest BCUT2D eigenvalue weighted by molar-refractivity contribution is -0.383. The van der Waals surface area contributed by atoms with Gasteiger partial charge in [-0.3, -0.25) is 15.4 Å². The first-order chi connectivity index (χ1) is 13.3. The van der Waals surface area contributed by atoms with Crippen LogP contribution in [-0.4, -0.2) is 40.1 Å². The number of pyridine rings is 1. The number of amides is 1. The number of benzene rings is 1. The highest BCUT2D eigenvalue weighted by molar-refractivity contribution is 6.03. The van der Waals surface area contributed by atoms with Crippen molar-refractivity contribution in [2.75, 3.05) is 29.5 Å². The second-order valence-electron chi connectivity index (χ2n) is 5.66. The zero-order valence-corrected chi connectivity index (χ0v) is 15.3. The molecule has 28 heavy (non-hydrogen) atoms. The third-order valence-electron chi connectivity index (χ3n) is 3.66. The first-order valence-corrected chi connectivity index (χ1v) is 8.26. The highest BCUT2D eigenvalue weighted by Crippen LogP contribution is 2.32. The van der Waals surface area contributed by atoms with E-state index in [9.17, 15) is 20.1 Å². The van der Waals surface area contributed by atoms with Crippen molar-refractivity contribution in [1.82, 2.24) is 4.98 Å². The van der Waals surface area contributed by atoms with Crippen LogP contribution >= 0.6 is 0 Å². The lowest BCUT2D eigenvalue weighted by Crippen LogP contribution is -2.18. The largest absolute Gasteiger partial charge is 0.450 e. The normalized spacial score (nSPS) is 11.0. The average molecular weight is 388 g/mol. The van der Waals surface area contributed by atoms with Gasteiger partial charge in [-0.1, -0.05) is 35.0 Å². The molecule has 148 valence electrons. The number of carbonyl (C=O) groups excluding carboxylic acids is 1. The second kappa shape index (κ2) is 9.16. The number of nitrogens with one attached hydrogen (secondary N) is 2. The van der Waals surface area contributed by atoms with Gasteiger partial charge in [-0.25, -0.2) is 9.78 Å². The monoisotopic (exact) mass is 388 g/mol. The minimum absolute atomic E-state index is 0.00226. The molecule has 0 aliphatic carbocycles. The van der Waals surface area contributed by atoms with Crippen molar-refractivity contribution in [1.29, 1.82) is 0 Å². The van der Waals surface area contributed by atoms with Crippen LogP contribution < -0.4 is 16.4 Å². The number of oxime groups is 1. The molecule has 0 fully saturated rings. The Kier molecular flexibility index (Phi) is 6.68. The summed E-state index contributed by atoms with van der Waals surface area (Å²) in [5, 5.41) is 29.0. The van der Waals surface area contributed by atoms with Gasteiger partial charge < -0.3 is 21.0 Å². The van der Waals surface area contributed by atoms with Crippen molar-refractivity contribution in [3.05, 3.63) is 51.6 Å². The molecule has 0 aliphatic rings. The lowest BCUT2D eigenvalue weighted by atomic mass is 10.1. The number of aromatic nitrogens is 1. The second-order valence-corrected chi connectivity index (χ2v) is 5.66. The Hall–Kier alpha value is -3.89. The highest BCUT2D eigenvalue weighted by atomic mass is 16.6. The summed E-state index contributed by atoms with van der Waals surface area (Å²) in [5.74, 6) is -0.415. The van der Waals surface area contributed by atoms with E-state index in [4.69, 9.17) is 10.5 Å². The standard InChI is InChI=1S/C17H20N6O5/c1-3-28-17(24)21-14-8-12(15(23(26)27)16(18)20-14)19-9-13(22-25)11-6-4-10(2)5-7-11/h4-8,25H,3,9H2,1-2H3,(H4,18,19,20,21,24). The number of hydrogen-bond donors (Lipinski definition) is 4. The van der Waals surface area contributed by atoms with Gasteiger partial charge in [-0.15, -0.1) is 0 Å². The molecular weight excluding hydrogens is 368 g/mol. The first-order valence-electron chi connectivity index (χ1n) is 8.26. The molecule has 0 saturated heterocycles. The molecule has 1 amide bonds. The van der Waals surface area contributed by atoms with E-state index in [1.807, 2.05) is 19.1 Å². The van der Waals surface area contributed by atoms with Gasteiger partial charge in [-0.05, 0) is 13.8 Å². The topological polar surface area (TPSA) is 165 Å². The zero-order valence-electron chi connectivity index (χ0n) is 15.3. The number of nitrogen functional groups attached to an aromatic ring is 1. The Bertz CT molecular complexity index is 898. The summed E-state index contributed by atoms with van der Waals surface area (Å²) in [7, 11) is 0. The SMILES string of the molecule is CCOC(=O)Nc1cc(NCC(=NO)c2ccc(C)cc2)c([N+](=O)[O-])c(N)n1. The van der Waals surface area contributed by atoms with Crippen LogP contribution in [0.5, 0.6) is 0 Å². The number of nitro groups is 1. The lowest BCUT2D eigenvalue weighted by Gasteiger charge is -2.12. The molecule has 0 bridgehead atoms. The van der Waals surface area contributed by atoms with Crippen molar-refractivity contribution < 1.29 is 19.7 Å². The summed E-state index contributed by atoms with van der Waals surface area (Å²) < 4.78 is 4.75. The van der Waals surface area contributed by atoms with Gasteiger partial charge in [0.05, 0.1) is 18.1 Å². The molecule has 5 N–H and O–H groups in total. The smallest absolute Gasteiger partial charge is 0.412 e. The molecule has 0 spiro atoms. The van der Waals surface area contributed by atoms with Crippen LogP contribution in [-0.2, 0) is 4.74 Å². The number of hydrogen-bond acceptors (Lipinski definition) is 9. The van der Waals surface area contributed by atoms with E-state index in [0.29, 0.717) is 5.56 Å². The molecule has 1 aromatic heterocycles. The van der Waals surface area contributed by atoms with Gasteiger partial charge in [0.15, 0.2) is 0 Å². The summed E-state index contributed by atoms with van der Waals surface area (Å²) in [4.78, 5) is 26.0. The van der Waals surface area contributed by atoms with E-state index in [1.54, 1.807) is 19.1 Å². The van der Waals surface area contributed by atoms with E-state index in [0.717, 1.165) is 5.56 Å². The third kappa shape index (κ3) is 5.06. The van der Waals surface area contributed by atoms with Crippen LogP contribution in [0.3, 0.4) is 0 Å². The van der Waals surface area contributed by atoms with E-state index in [2.05, 4.69) is 20.8 Å². The van der Waals surface area contributed by atoms with Crippen molar-refractivity contribution in [2.45, 2.75) is 13.8 Å². The molecule has 11 nitrogen and oxygen atoms in total. The Labute approximate surface area is 160 Å². The molecule has 1 aromatic carbocycles. The maximum atomic E-state index is 11.6. The quantitative estimate of drug-likeness (QED) is 0.243. The Morgan fingerprint density at radius 3 is 2.64 bits per heavy atom. The predicted molar refractivity (Wildman–Crippen MR) is 104 cm³/mol. The number of nitrogens with zero attached hydrogens (tertiary/aromatic N) is 3. The maximum absolute atomic E-state index is 11.6. The molecule has 11 heteroatoms. The van der Waals surface area contributed by atoms with Gasteiger partial charge >= 0.3 is 11.8 Å². The summed E-state index contributed by atoms with van der Waals surface area (Å²) in [6.07, 6.45) is -0.772. The molecule has 2 rings (SSSR count). The van der Waals surface area contributed by atoms with Crippen molar-refractivity contribution >= 4 is 34.8 Å². The van der Waals surface area contributed by atoms with Crippen molar-refractivity contribution in [3.8, 4) is 0 Å². The van der Waals surface area contributed by atoms with Gasteiger partial charge in [-0.2, -0.15) is 0 Å². The summed E-state index contributed by atoms with van der Waals surface area (Å²) in [6.45, 7) is 3.65. The summed E-state index contributed by atoms with van der Waals surface area (Å²) in [6, 6.07) is 8.45. The molecule has 0 saturated carbocycles. The summed E-state index contributed by atoms with van der Waals surface area (Å²) >= 11 is 0. The molecule has 0 atom stereocenters. The van der Waals surface area contributed by atoms with Crippen LogP contribution in [0.2, 0.25) is 0 Å². The molecule has 1 heterocycles. The minimum atomic E-state index is -0.772. The van der Waals surface area contributed by atoms with Gasteiger partial charge in [0, 0.05) is 11.6 Å². The number of ether oxygens (including phenoxy) is 1. The van der Waals surface area contributed by atoms with E-state index in [1.165, 1.54) is 6.07 Å². The fourth-order valence-electron chi connectivity index (χ4n) is 2.34. The Morgan fingerprint density at radius 1 is 1.39 bits per heavy atom. The molecule has 0 radical (unpaired) electrons. The maximum Gasteiger partial charge on any atom is 0.412 e.